The number of nitrogen functional groups attached to an aromatic ring is 1. The summed E-state index contributed by atoms with van der Waals surface area (Å²) in [4.78, 5) is 10.7. The molecule has 0 fully saturated rings. The van der Waals surface area contributed by atoms with Crippen molar-refractivity contribution < 1.29 is 4.79 Å². The van der Waals surface area contributed by atoms with Crippen LogP contribution in [0.2, 0.25) is 0 Å². The number of carbonyl (C=O) groups is 1. The second-order valence-electron chi connectivity index (χ2n) is 3.80. The molecule has 94 valence electrons. The highest BCUT2D eigenvalue weighted by atomic mass is 32.2. The fraction of sp³-hybridized carbons (Fsp3) is 0.182. The van der Waals surface area contributed by atoms with Crippen molar-refractivity contribution in [1.29, 1.82) is 0 Å². The molecule has 0 spiro atoms. The summed E-state index contributed by atoms with van der Waals surface area (Å²) in [5, 5.41) is 8.40. The lowest BCUT2D eigenvalue weighted by Crippen LogP contribution is -2.16. The van der Waals surface area contributed by atoms with E-state index in [1.165, 1.54) is 4.68 Å². The summed E-state index contributed by atoms with van der Waals surface area (Å²) < 4.78 is 1.36. The summed E-state index contributed by atoms with van der Waals surface area (Å²) in [7, 11) is 0. The van der Waals surface area contributed by atoms with Gasteiger partial charge in [0.05, 0.1) is 5.75 Å². The number of primary amides is 1. The van der Waals surface area contributed by atoms with E-state index in [9.17, 15) is 4.79 Å². The minimum absolute atomic E-state index is 0.128. The maximum absolute atomic E-state index is 10.7. The molecule has 0 aliphatic rings. The Kier molecular flexibility index (Phi) is 3.52. The Hall–Kier alpha value is -2.02. The van der Waals surface area contributed by atoms with Gasteiger partial charge in [0.25, 0.3) is 0 Å². The molecule has 18 heavy (non-hydrogen) atoms. The number of rotatable bonds is 4. The van der Waals surface area contributed by atoms with Gasteiger partial charge in [-0.25, -0.2) is 4.68 Å². The number of amides is 1. The number of hydrogen-bond acceptors (Lipinski definition) is 5. The summed E-state index contributed by atoms with van der Waals surface area (Å²) >= 11 is 1.16. The second kappa shape index (κ2) is 5.09. The van der Waals surface area contributed by atoms with E-state index >= 15 is 0 Å². The van der Waals surface area contributed by atoms with Crippen LogP contribution in [0.25, 0.3) is 11.4 Å². The summed E-state index contributed by atoms with van der Waals surface area (Å²) in [6, 6.07) is 7.79. The molecule has 0 saturated heterocycles. The highest BCUT2D eigenvalue weighted by Crippen LogP contribution is 2.21. The Morgan fingerprint density at radius 3 is 2.61 bits per heavy atom. The first-order valence-corrected chi connectivity index (χ1v) is 6.25. The molecular weight excluding hydrogens is 250 g/mol. The first-order chi connectivity index (χ1) is 8.58. The van der Waals surface area contributed by atoms with Crippen molar-refractivity contribution in [2.45, 2.75) is 12.1 Å². The van der Waals surface area contributed by atoms with Crippen LogP contribution >= 0.6 is 11.8 Å². The third kappa shape index (κ3) is 2.62. The molecule has 2 rings (SSSR count). The Balaban J connectivity index is 2.25. The minimum atomic E-state index is -0.417. The fourth-order valence-electron chi connectivity index (χ4n) is 1.41. The third-order valence-electron chi connectivity index (χ3n) is 2.32. The van der Waals surface area contributed by atoms with Gasteiger partial charge in [-0.2, -0.15) is 0 Å². The molecule has 0 bridgehead atoms. The Morgan fingerprint density at radius 2 is 2.00 bits per heavy atom. The standard InChI is InChI=1S/C11H13N5OS/c1-7-2-4-8(5-3-7)10-14-15-11(16(10)13)18-6-9(12)17/h2-5H,6,13H2,1H3,(H2,12,17). The first kappa shape index (κ1) is 12.4. The molecule has 0 atom stereocenters. The van der Waals surface area contributed by atoms with E-state index in [2.05, 4.69) is 10.2 Å². The molecule has 0 aliphatic heterocycles. The van der Waals surface area contributed by atoms with Crippen molar-refractivity contribution in [3.8, 4) is 11.4 Å². The lowest BCUT2D eigenvalue weighted by molar-refractivity contribution is -0.115. The number of nitrogens with zero attached hydrogens (tertiary/aromatic N) is 3. The zero-order valence-electron chi connectivity index (χ0n) is 9.83. The maximum atomic E-state index is 10.7. The molecule has 0 radical (unpaired) electrons. The Labute approximate surface area is 108 Å². The minimum Gasteiger partial charge on any atom is -0.369 e. The smallest absolute Gasteiger partial charge is 0.227 e. The third-order valence-corrected chi connectivity index (χ3v) is 3.28. The number of nitrogens with two attached hydrogens (primary N) is 2. The van der Waals surface area contributed by atoms with Crippen LogP contribution in [-0.2, 0) is 4.79 Å². The zero-order valence-corrected chi connectivity index (χ0v) is 10.6. The van der Waals surface area contributed by atoms with Gasteiger partial charge in [0.2, 0.25) is 11.1 Å². The van der Waals surface area contributed by atoms with Crippen LogP contribution in [0.15, 0.2) is 29.4 Å². The quantitative estimate of drug-likeness (QED) is 0.619. The van der Waals surface area contributed by atoms with E-state index in [1.807, 2.05) is 31.2 Å². The normalized spacial score (nSPS) is 10.5. The Morgan fingerprint density at radius 1 is 1.33 bits per heavy atom. The molecule has 7 heteroatoms. The Bertz CT molecular complexity index is 563. The average Bonchev–Trinajstić information content (AvgIpc) is 2.69. The van der Waals surface area contributed by atoms with E-state index in [4.69, 9.17) is 11.6 Å². The topological polar surface area (TPSA) is 99.8 Å². The molecule has 0 saturated carbocycles. The molecule has 1 aromatic carbocycles. The lowest BCUT2D eigenvalue weighted by atomic mass is 10.1. The summed E-state index contributed by atoms with van der Waals surface area (Å²) in [5.41, 5.74) is 7.10. The van der Waals surface area contributed by atoms with Gasteiger partial charge >= 0.3 is 0 Å². The average molecular weight is 263 g/mol. The first-order valence-electron chi connectivity index (χ1n) is 5.26. The molecule has 1 aromatic heterocycles. The van der Waals surface area contributed by atoms with Gasteiger partial charge in [-0.15, -0.1) is 10.2 Å². The van der Waals surface area contributed by atoms with E-state index in [-0.39, 0.29) is 5.75 Å². The highest BCUT2D eigenvalue weighted by Gasteiger charge is 2.12. The molecule has 1 heterocycles. The lowest BCUT2D eigenvalue weighted by Gasteiger charge is -2.03. The number of carbonyl (C=O) groups excluding carboxylic acids is 1. The molecule has 4 N–H and O–H groups in total. The number of hydrogen-bond donors (Lipinski definition) is 2. The van der Waals surface area contributed by atoms with Crippen LogP contribution in [-0.4, -0.2) is 26.5 Å². The van der Waals surface area contributed by atoms with E-state index in [0.717, 1.165) is 22.9 Å². The predicted molar refractivity (Wildman–Crippen MR) is 70.3 cm³/mol. The van der Waals surface area contributed by atoms with Gasteiger partial charge in [0.1, 0.15) is 0 Å². The van der Waals surface area contributed by atoms with Crippen molar-refractivity contribution in [2.75, 3.05) is 11.6 Å². The van der Waals surface area contributed by atoms with Crippen LogP contribution in [0.4, 0.5) is 0 Å². The van der Waals surface area contributed by atoms with Gasteiger partial charge in [0, 0.05) is 5.56 Å². The van der Waals surface area contributed by atoms with Crippen molar-refractivity contribution in [3.05, 3.63) is 29.8 Å². The van der Waals surface area contributed by atoms with Gasteiger partial charge < -0.3 is 11.6 Å². The van der Waals surface area contributed by atoms with E-state index in [0.29, 0.717) is 11.0 Å². The maximum Gasteiger partial charge on any atom is 0.227 e. The summed E-state index contributed by atoms with van der Waals surface area (Å²) in [6.45, 7) is 2.01. The summed E-state index contributed by atoms with van der Waals surface area (Å²) in [5.74, 6) is 6.15. The van der Waals surface area contributed by atoms with Crippen molar-refractivity contribution in [1.82, 2.24) is 14.9 Å². The van der Waals surface area contributed by atoms with Crippen molar-refractivity contribution in [2.24, 2.45) is 5.73 Å². The molecule has 2 aromatic rings. The van der Waals surface area contributed by atoms with Gasteiger partial charge in [0.15, 0.2) is 5.82 Å². The highest BCUT2D eigenvalue weighted by molar-refractivity contribution is 7.99. The van der Waals surface area contributed by atoms with Crippen LogP contribution in [0, 0.1) is 6.92 Å². The largest absolute Gasteiger partial charge is 0.369 e. The van der Waals surface area contributed by atoms with Crippen molar-refractivity contribution >= 4 is 17.7 Å². The SMILES string of the molecule is Cc1ccc(-c2nnc(SCC(N)=O)n2N)cc1. The van der Waals surface area contributed by atoms with E-state index in [1.54, 1.807) is 0 Å². The number of thioether (sulfide) groups is 1. The number of aromatic nitrogens is 3. The molecule has 1 amide bonds. The second-order valence-corrected chi connectivity index (χ2v) is 4.74. The van der Waals surface area contributed by atoms with Crippen LogP contribution in [0.1, 0.15) is 5.56 Å². The van der Waals surface area contributed by atoms with Gasteiger partial charge in [-0.3, -0.25) is 4.79 Å². The number of benzene rings is 1. The monoisotopic (exact) mass is 263 g/mol. The molecule has 6 nitrogen and oxygen atoms in total. The number of aryl methyl sites for hydroxylation is 1. The fourth-order valence-corrected chi connectivity index (χ4v) is 2.01. The van der Waals surface area contributed by atoms with Crippen LogP contribution in [0.5, 0.6) is 0 Å². The molecule has 0 unspecified atom stereocenters. The zero-order chi connectivity index (χ0) is 13.1. The van der Waals surface area contributed by atoms with E-state index < -0.39 is 5.91 Å². The van der Waals surface area contributed by atoms with Crippen LogP contribution in [0.3, 0.4) is 0 Å². The predicted octanol–water partition coefficient (Wildman–Crippen LogP) is 0.545. The molecular formula is C11H13N5OS. The summed E-state index contributed by atoms with van der Waals surface area (Å²) in [6.07, 6.45) is 0. The van der Waals surface area contributed by atoms with Gasteiger partial charge in [-0.05, 0) is 6.92 Å². The molecule has 0 aliphatic carbocycles. The van der Waals surface area contributed by atoms with Crippen molar-refractivity contribution in [3.63, 3.8) is 0 Å². The van der Waals surface area contributed by atoms with Gasteiger partial charge in [-0.1, -0.05) is 41.6 Å². The van der Waals surface area contributed by atoms with Crippen LogP contribution < -0.4 is 11.6 Å².